The fraction of sp³-hybridized carbons (Fsp3) is 0.269. The van der Waals surface area contributed by atoms with Crippen molar-refractivity contribution in [2.75, 3.05) is 50.5 Å². The third kappa shape index (κ3) is 14.1. The van der Waals surface area contributed by atoms with Crippen LogP contribution >= 0.6 is 34.7 Å². The van der Waals surface area contributed by atoms with E-state index in [2.05, 4.69) is 46.8 Å². The maximum Gasteiger partial charge on any atom is 0.230 e. The van der Waals surface area contributed by atoms with Crippen molar-refractivity contribution >= 4 is 79.2 Å². The molecule has 0 aliphatic heterocycles. The van der Waals surface area contributed by atoms with Crippen molar-refractivity contribution in [1.29, 1.82) is 10.5 Å². The molecule has 16 nitrogen and oxygen atoms in total. The Morgan fingerprint density at radius 1 is 0.648 bits per heavy atom. The average Bonchev–Trinajstić information content (AvgIpc) is 4.27. The minimum absolute atomic E-state index is 0.415. The minimum Gasteiger partial charge on any atom is -0.493 e. The van der Waals surface area contributed by atoms with Crippen LogP contribution in [0, 0.1) is 22.7 Å². The van der Waals surface area contributed by atoms with Gasteiger partial charge in [-0.05, 0) is 129 Å². The van der Waals surface area contributed by atoms with Crippen molar-refractivity contribution < 1.29 is 28.4 Å². The van der Waals surface area contributed by atoms with Crippen LogP contribution in [0.4, 0.5) is 22.7 Å². The Bertz CT molecular complexity index is 3070. The number of ether oxygens (including phenoxy) is 6. The maximum absolute atomic E-state index is 9.72. The van der Waals surface area contributed by atoms with Gasteiger partial charge in [-0.15, -0.1) is 11.6 Å². The number of fused-ring (bicyclic) bond motifs is 2. The molecule has 5 N–H and O–H groups in total. The highest BCUT2D eigenvalue weighted by atomic mass is 35.5. The lowest BCUT2D eigenvalue weighted by Gasteiger charge is -2.15. The van der Waals surface area contributed by atoms with Crippen LogP contribution in [0.25, 0.3) is 21.8 Å². The molecule has 4 aromatic carbocycles. The second-order valence-corrected chi connectivity index (χ2v) is 17.9. The van der Waals surface area contributed by atoms with Crippen LogP contribution < -0.4 is 50.1 Å². The molecule has 2 aliphatic rings. The number of aromatic nitrogens is 4. The van der Waals surface area contributed by atoms with Gasteiger partial charge in [-0.1, -0.05) is 0 Å². The molecule has 4 heterocycles. The normalized spacial score (nSPS) is 12.5. The smallest absolute Gasteiger partial charge is 0.230 e. The summed E-state index contributed by atoms with van der Waals surface area (Å²) in [5.74, 6) is 5.35. The molecule has 10 rings (SSSR count). The number of methoxy groups -OCH3 is 2. The summed E-state index contributed by atoms with van der Waals surface area (Å²) in [7, 11) is 3.18. The maximum atomic E-state index is 9.72. The Kier molecular flexibility index (Phi) is 17.5. The Morgan fingerprint density at radius 2 is 1.11 bits per heavy atom. The molecule has 19 heteroatoms. The number of nitrogens with one attached hydrogen (secondary N) is 3. The van der Waals surface area contributed by atoms with Crippen LogP contribution in [0.5, 0.6) is 46.3 Å². The molecule has 0 amide bonds. The van der Waals surface area contributed by atoms with Gasteiger partial charge in [0.15, 0.2) is 23.0 Å². The second kappa shape index (κ2) is 24.9. The summed E-state index contributed by atoms with van der Waals surface area (Å²) in [6.07, 6.45) is 9.82. The van der Waals surface area contributed by atoms with Crippen molar-refractivity contribution in [1.82, 2.24) is 24.0 Å². The summed E-state index contributed by atoms with van der Waals surface area (Å²) in [4.78, 5) is 8.91. The minimum atomic E-state index is 0.415. The van der Waals surface area contributed by atoms with Crippen molar-refractivity contribution in [2.45, 2.75) is 50.6 Å². The average molecular weight is 1010 g/mol. The summed E-state index contributed by atoms with van der Waals surface area (Å²) >= 11 is 8.41. The van der Waals surface area contributed by atoms with E-state index in [9.17, 15) is 10.5 Å². The van der Waals surface area contributed by atoms with Crippen LogP contribution in [0.2, 0.25) is 0 Å². The highest BCUT2D eigenvalue weighted by Gasteiger charge is 2.20. The summed E-state index contributed by atoms with van der Waals surface area (Å²) < 4.78 is 42.6. The van der Waals surface area contributed by atoms with Crippen molar-refractivity contribution in [3.63, 3.8) is 0 Å². The molecule has 4 aromatic heterocycles. The first-order valence-electron chi connectivity index (χ1n) is 22.9. The van der Waals surface area contributed by atoms with E-state index in [0.29, 0.717) is 111 Å². The Balaban J connectivity index is 0.000000177. The van der Waals surface area contributed by atoms with E-state index in [0.717, 1.165) is 41.5 Å². The van der Waals surface area contributed by atoms with Gasteiger partial charge in [0.2, 0.25) is 11.8 Å². The molecule has 0 spiro atoms. The third-order valence-electron chi connectivity index (χ3n) is 10.8. The third-order valence-corrected chi connectivity index (χ3v) is 12.2. The van der Waals surface area contributed by atoms with Gasteiger partial charge in [-0.2, -0.15) is 19.3 Å². The van der Waals surface area contributed by atoms with Crippen molar-refractivity contribution in [3.8, 4) is 58.4 Å². The zero-order chi connectivity index (χ0) is 49.4. The molecule has 2 fully saturated rings. The van der Waals surface area contributed by atoms with Crippen LogP contribution in [0.3, 0.4) is 0 Å². The van der Waals surface area contributed by atoms with Gasteiger partial charge in [0, 0.05) is 87.5 Å². The first-order chi connectivity index (χ1) is 34.8. The number of nitrogens with zero attached hydrogens (tertiary/aromatic N) is 6. The molecule has 0 unspecified atom stereocenters. The van der Waals surface area contributed by atoms with E-state index in [1.807, 2.05) is 83.6 Å². The topological polar surface area (TPSA) is 217 Å². The Morgan fingerprint density at radius 3 is 1.49 bits per heavy atom. The van der Waals surface area contributed by atoms with E-state index in [4.69, 9.17) is 45.8 Å². The standard InChI is InChI=1S/C26H25N5O3S.C23H19ClN4O3S.C3H7N/c1-32-23-13-21-22(14-24(23)33-11-2-10-28-18-3-4-18)29-16-17(15-27)26(21)30-19-5-7-20(8-6-19)34-25-9-12-35-31-25;1-29-20-11-18-19(12-21(20)30-9-2-8-24)26-14-15(13-25)23(18)27-16-3-5-17(6-4-16)31-22-7-10-32-28-22;4-3-1-2-3/h5-9,12-14,16,18,28H,2-4,10-11H2,1H3,(H,29,30);3-7,10-12,14H,2,8-9H2,1H3,(H,26,27);3H,1-2,4H2. The summed E-state index contributed by atoms with van der Waals surface area (Å²) in [6.45, 7) is 1.99. The number of pyridine rings is 2. The summed E-state index contributed by atoms with van der Waals surface area (Å²) in [5, 5.41) is 34.8. The number of nitriles is 2. The van der Waals surface area contributed by atoms with Gasteiger partial charge in [-0.25, -0.2) is 0 Å². The number of anilines is 4. The van der Waals surface area contributed by atoms with Crippen LogP contribution in [0.15, 0.2) is 108 Å². The SMILES string of the molecule is COc1cc2c(Nc3ccc(Oc4ccsn4)cc3)c(C#N)cnc2cc1OCCCCl.COc1cc2c(Nc3ccc(Oc4ccsn4)cc3)c(C#N)cnc2cc1OCCCNC1CC1.NC1CC1. The highest BCUT2D eigenvalue weighted by Crippen LogP contribution is 2.39. The number of halogens is 1. The van der Waals surface area contributed by atoms with Crippen LogP contribution in [0.1, 0.15) is 49.7 Å². The lowest BCUT2D eigenvalue weighted by atomic mass is 10.1. The van der Waals surface area contributed by atoms with E-state index >= 15 is 0 Å². The summed E-state index contributed by atoms with van der Waals surface area (Å²) in [5.41, 5.74) is 10.3. The molecule has 0 saturated heterocycles. The molecule has 0 radical (unpaired) electrons. The molecule has 0 bridgehead atoms. The van der Waals surface area contributed by atoms with Crippen molar-refractivity contribution in [3.05, 3.63) is 119 Å². The Hall–Kier alpha value is -7.45. The number of rotatable bonds is 20. The first-order valence-corrected chi connectivity index (χ1v) is 25.1. The number of benzene rings is 4. The number of hydrogen-bond donors (Lipinski definition) is 4. The lowest BCUT2D eigenvalue weighted by Crippen LogP contribution is -2.19. The molecule has 2 aliphatic carbocycles. The number of hydrogen-bond acceptors (Lipinski definition) is 18. The molecule has 0 atom stereocenters. The van der Waals surface area contributed by atoms with E-state index in [-0.39, 0.29) is 0 Å². The first kappa shape index (κ1) is 50.0. The van der Waals surface area contributed by atoms with Gasteiger partial charge in [0.25, 0.3) is 0 Å². The fourth-order valence-electron chi connectivity index (χ4n) is 6.82. The zero-order valence-electron chi connectivity index (χ0n) is 39.0. The predicted molar refractivity (Wildman–Crippen MR) is 279 cm³/mol. The van der Waals surface area contributed by atoms with E-state index < -0.39 is 0 Å². The number of alkyl halides is 1. The quantitative estimate of drug-likeness (QED) is 0.0412. The number of nitrogens with two attached hydrogens (primary N) is 1. The van der Waals surface area contributed by atoms with Crippen LogP contribution in [-0.4, -0.2) is 70.7 Å². The van der Waals surface area contributed by atoms with Gasteiger partial charge < -0.3 is 50.1 Å². The van der Waals surface area contributed by atoms with Gasteiger partial charge in [-0.3, -0.25) is 9.97 Å². The fourth-order valence-corrected chi connectivity index (χ4v) is 7.80. The van der Waals surface area contributed by atoms with Gasteiger partial charge in [0.05, 0.1) is 61.0 Å². The van der Waals surface area contributed by atoms with Crippen LogP contribution in [-0.2, 0) is 0 Å². The monoisotopic (exact) mass is 1010 g/mol. The van der Waals surface area contributed by atoms with E-state index in [1.165, 1.54) is 48.7 Å². The molecular weight excluding hydrogens is 960 g/mol. The van der Waals surface area contributed by atoms with Gasteiger partial charge in [0.1, 0.15) is 23.6 Å². The lowest BCUT2D eigenvalue weighted by molar-refractivity contribution is 0.288. The summed E-state index contributed by atoms with van der Waals surface area (Å²) in [6, 6.07) is 31.6. The molecule has 364 valence electrons. The Labute approximate surface area is 424 Å². The highest BCUT2D eigenvalue weighted by molar-refractivity contribution is 7.03. The zero-order valence-corrected chi connectivity index (χ0v) is 41.4. The van der Waals surface area contributed by atoms with E-state index in [1.54, 1.807) is 38.7 Å². The largest absolute Gasteiger partial charge is 0.493 e. The second-order valence-electron chi connectivity index (χ2n) is 16.2. The molecule has 71 heavy (non-hydrogen) atoms. The molecular formula is C52H51ClN10O6S2. The predicted octanol–water partition coefficient (Wildman–Crippen LogP) is 11.9. The van der Waals surface area contributed by atoms with Crippen molar-refractivity contribution in [2.24, 2.45) is 5.73 Å². The molecule has 8 aromatic rings. The van der Waals surface area contributed by atoms with Gasteiger partial charge >= 0.3 is 0 Å². The molecule has 2 saturated carbocycles.